The molecular formula is C18H22N2O4S. The zero-order valence-corrected chi connectivity index (χ0v) is 15.3. The van der Waals surface area contributed by atoms with Crippen molar-refractivity contribution >= 4 is 15.7 Å². The second kappa shape index (κ2) is 8.11. The number of para-hydroxylation sites is 1. The monoisotopic (exact) mass is 362 g/mol. The van der Waals surface area contributed by atoms with Crippen LogP contribution in [0.15, 0.2) is 47.5 Å². The van der Waals surface area contributed by atoms with Crippen molar-refractivity contribution in [2.75, 3.05) is 12.8 Å². The Morgan fingerprint density at radius 3 is 2.52 bits per heavy atom. The maximum Gasteiger partial charge on any atom is 0.252 e. The summed E-state index contributed by atoms with van der Waals surface area (Å²) in [5.41, 5.74) is 0.424. The quantitative estimate of drug-likeness (QED) is 0.818. The van der Waals surface area contributed by atoms with Crippen LogP contribution in [0.5, 0.6) is 11.6 Å². The molecule has 25 heavy (non-hydrogen) atoms. The van der Waals surface area contributed by atoms with E-state index in [-0.39, 0.29) is 22.4 Å². The van der Waals surface area contributed by atoms with Crippen LogP contribution >= 0.6 is 0 Å². The summed E-state index contributed by atoms with van der Waals surface area (Å²) in [6, 6.07) is 9.47. The van der Waals surface area contributed by atoms with Gasteiger partial charge < -0.3 is 10.1 Å². The molecule has 0 saturated heterocycles. The molecule has 1 heterocycles. The van der Waals surface area contributed by atoms with Crippen LogP contribution in [0.4, 0.5) is 0 Å². The lowest BCUT2D eigenvalue weighted by atomic mass is 10.1. The molecule has 1 aromatic carbocycles. The third kappa shape index (κ3) is 5.56. The summed E-state index contributed by atoms with van der Waals surface area (Å²) < 4.78 is 29.1. The van der Waals surface area contributed by atoms with Gasteiger partial charge in [0.15, 0.2) is 9.84 Å². The number of rotatable bonds is 7. The summed E-state index contributed by atoms with van der Waals surface area (Å²) in [7, 11) is -3.41. The van der Waals surface area contributed by atoms with Crippen LogP contribution in [-0.4, -0.2) is 32.1 Å². The highest BCUT2D eigenvalue weighted by Crippen LogP contribution is 2.27. The predicted molar refractivity (Wildman–Crippen MR) is 95.7 cm³/mol. The molecule has 0 atom stereocenters. The minimum absolute atomic E-state index is 0.0901. The lowest BCUT2D eigenvalue weighted by molar-refractivity contribution is 0.0951. The van der Waals surface area contributed by atoms with Gasteiger partial charge in [-0.2, -0.15) is 0 Å². The highest BCUT2D eigenvalue weighted by atomic mass is 32.2. The van der Waals surface area contributed by atoms with Crippen LogP contribution in [-0.2, 0) is 9.84 Å². The van der Waals surface area contributed by atoms with E-state index in [2.05, 4.69) is 24.1 Å². The van der Waals surface area contributed by atoms with Gasteiger partial charge in [0.2, 0.25) is 5.88 Å². The number of benzene rings is 1. The average molecular weight is 362 g/mol. The molecule has 6 nitrogen and oxygen atoms in total. The standard InChI is InChI=1S/C18H22N2O4S/c1-13(2)10-11-19-18(21)14-8-9-17(20-12-14)24-15-6-4-5-7-16(15)25(3,22)23/h4-9,12-13H,10-11H2,1-3H3,(H,19,21). The van der Waals surface area contributed by atoms with Crippen molar-refractivity contribution in [3.8, 4) is 11.6 Å². The Balaban J connectivity index is 2.08. The third-order valence-corrected chi connectivity index (χ3v) is 4.61. The number of hydrogen-bond donors (Lipinski definition) is 1. The van der Waals surface area contributed by atoms with E-state index in [1.807, 2.05) is 0 Å². The van der Waals surface area contributed by atoms with Gasteiger partial charge in [0, 0.05) is 25.1 Å². The number of hydrogen-bond acceptors (Lipinski definition) is 5. The molecule has 0 spiro atoms. The second-order valence-corrected chi connectivity index (χ2v) is 8.13. The Labute approximate surface area is 148 Å². The predicted octanol–water partition coefficient (Wildman–Crippen LogP) is 3.05. The highest BCUT2D eigenvalue weighted by Gasteiger charge is 2.15. The lowest BCUT2D eigenvalue weighted by Crippen LogP contribution is -2.25. The Hall–Kier alpha value is -2.41. The molecule has 7 heteroatoms. The Kier molecular flexibility index (Phi) is 6.14. The van der Waals surface area contributed by atoms with Gasteiger partial charge in [-0.1, -0.05) is 26.0 Å². The Bertz CT molecular complexity index is 830. The molecule has 0 aliphatic rings. The fourth-order valence-electron chi connectivity index (χ4n) is 2.10. The van der Waals surface area contributed by atoms with Crippen LogP contribution < -0.4 is 10.1 Å². The first-order valence-corrected chi connectivity index (χ1v) is 9.87. The molecule has 1 aromatic heterocycles. The molecule has 0 bridgehead atoms. The molecule has 1 amide bonds. The van der Waals surface area contributed by atoms with Gasteiger partial charge in [-0.05, 0) is 30.5 Å². The number of nitrogens with one attached hydrogen (secondary N) is 1. The smallest absolute Gasteiger partial charge is 0.252 e. The summed E-state index contributed by atoms with van der Waals surface area (Å²) in [4.78, 5) is 16.2. The Morgan fingerprint density at radius 1 is 1.20 bits per heavy atom. The molecule has 0 aliphatic carbocycles. The summed E-state index contributed by atoms with van der Waals surface area (Å²) in [6.45, 7) is 4.79. The van der Waals surface area contributed by atoms with Crippen molar-refractivity contribution in [1.82, 2.24) is 10.3 Å². The van der Waals surface area contributed by atoms with E-state index >= 15 is 0 Å². The molecule has 0 saturated carbocycles. The number of ether oxygens (including phenoxy) is 1. The number of nitrogens with zero attached hydrogens (tertiary/aromatic N) is 1. The van der Waals surface area contributed by atoms with Crippen molar-refractivity contribution in [3.63, 3.8) is 0 Å². The summed E-state index contributed by atoms with van der Waals surface area (Å²) in [5.74, 6) is 0.738. The topological polar surface area (TPSA) is 85.4 Å². The number of aromatic nitrogens is 1. The van der Waals surface area contributed by atoms with Crippen molar-refractivity contribution in [2.45, 2.75) is 25.2 Å². The second-order valence-electron chi connectivity index (χ2n) is 6.14. The van der Waals surface area contributed by atoms with Crippen molar-refractivity contribution in [2.24, 2.45) is 5.92 Å². The van der Waals surface area contributed by atoms with E-state index in [4.69, 9.17) is 4.74 Å². The minimum atomic E-state index is -3.41. The van der Waals surface area contributed by atoms with E-state index in [1.165, 1.54) is 18.3 Å². The van der Waals surface area contributed by atoms with Gasteiger partial charge in [-0.25, -0.2) is 13.4 Å². The normalized spacial score (nSPS) is 11.4. The summed E-state index contributed by atoms with van der Waals surface area (Å²) >= 11 is 0. The summed E-state index contributed by atoms with van der Waals surface area (Å²) in [6.07, 6.45) is 3.43. The number of amides is 1. The molecule has 0 aliphatic heterocycles. The van der Waals surface area contributed by atoms with Crippen LogP contribution in [0.3, 0.4) is 0 Å². The largest absolute Gasteiger partial charge is 0.438 e. The molecule has 0 unspecified atom stereocenters. The highest BCUT2D eigenvalue weighted by molar-refractivity contribution is 7.90. The number of carbonyl (C=O) groups excluding carboxylic acids is 1. The number of carbonyl (C=O) groups is 1. The maximum atomic E-state index is 12.0. The van der Waals surface area contributed by atoms with Gasteiger partial charge >= 0.3 is 0 Å². The lowest BCUT2D eigenvalue weighted by Gasteiger charge is -2.10. The first-order chi connectivity index (χ1) is 11.8. The van der Waals surface area contributed by atoms with Gasteiger partial charge in [0.1, 0.15) is 10.6 Å². The van der Waals surface area contributed by atoms with E-state index < -0.39 is 9.84 Å². The molecule has 134 valence electrons. The minimum Gasteiger partial charge on any atom is -0.438 e. The van der Waals surface area contributed by atoms with Crippen molar-refractivity contribution in [3.05, 3.63) is 48.2 Å². The molecule has 2 aromatic rings. The van der Waals surface area contributed by atoms with E-state index in [0.717, 1.165) is 12.7 Å². The van der Waals surface area contributed by atoms with Gasteiger partial charge in [0.05, 0.1) is 5.56 Å². The van der Waals surface area contributed by atoms with Crippen molar-refractivity contribution in [1.29, 1.82) is 0 Å². The van der Waals surface area contributed by atoms with Crippen molar-refractivity contribution < 1.29 is 17.9 Å². The van der Waals surface area contributed by atoms with Gasteiger partial charge in [0.25, 0.3) is 5.91 Å². The number of sulfone groups is 1. The SMILES string of the molecule is CC(C)CCNC(=O)c1ccc(Oc2ccccc2S(C)(=O)=O)nc1. The first kappa shape index (κ1) is 18.9. The van der Waals surface area contributed by atoms with E-state index in [1.54, 1.807) is 24.3 Å². The molecule has 2 rings (SSSR count). The summed E-state index contributed by atoms with van der Waals surface area (Å²) in [5, 5.41) is 2.83. The molecule has 0 radical (unpaired) electrons. The first-order valence-electron chi connectivity index (χ1n) is 7.98. The molecular weight excluding hydrogens is 340 g/mol. The van der Waals surface area contributed by atoms with Crippen LogP contribution in [0.2, 0.25) is 0 Å². The average Bonchev–Trinajstić information content (AvgIpc) is 2.54. The fraction of sp³-hybridized carbons (Fsp3) is 0.333. The van der Waals surface area contributed by atoms with Crippen LogP contribution in [0.25, 0.3) is 0 Å². The third-order valence-electron chi connectivity index (χ3n) is 3.47. The van der Waals surface area contributed by atoms with Gasteiger partial charge in [-0.15, -0.1) is 0 Å². The zero-order chi connectivity index (χ0) is 18.4. The Morgan fingerprint density at radius 2 is 1.92 bits per heavy atom. The molecule has 0 fully saturated rings. The zero-order valence-electron chi connectivity index (χ0n) is 14.5. The maximum absolute atomic E-state index is 12.0. The van der Waals surface area contributed by atoms with E-state index in [0.29, 0.717) is 18.0 Å². The van der Waals surface area contributed by atoms with Crippen LogP contribution in [0.1, 0.15) is 30.6 Å². The fourth-order valence-corrected chi connectivity index (χ4v) is 2.91. The number of pyridine rings is 1. The van der Waals surface area contributed by atoms with Crippen LogP contribution in [0, 0.1) is 5.92 Å². The van der Waals surface area contributed by atoms with Gasteiger partial charge in [-0.3, -0.25) is 4.79 Å². The molecule has 1 N–H and O–H groups in total. The van der Waals surface area contributed by atoms with E-state index in [9.17, 15) is 13.2 Å².